The van der Waals surface area contributed by atoms with E-state index >= 15 is 0 Å². The quantitative estimate of drug-likeness (QED) is 0.610. The van der Waals surface area contributed by atoms with Gasteiger partial charge in [-0.1, -0.05) is 13.8 Å². The highest BCUT2D eigenvalue weighted by Gasteiger charge is 2.49. The molecule has 2 N–H and O–H groups in total. The van der Waals surface area contributed by atoms with Gasteiger partial charge in [-0.25, -0.2) is 8.51 Å². The van der Waals surface area contributed by atoms with Crippen molar-refractivity contribution in [2.45, 2.75) is 56.7 Å². The number of likely N-dealkylation sites (tertiary alicyclic amines) is 1. The van der Waals surface area contributed by atoms with Gasteiger partial charge in [-0.2, -0.15) is 0 Å². The second-order valence-electron chi connectivity index (χ2n) is 9.82. The number of primary amides is 1. The van der Waals surface area contributed by atoms with Crippen LogP contribution in [0.1, 0.15) is 46.0 Å². The lowest BCUT2D eigenvalue weighted by Crippen LogP contribution is -2.60. The summed E-state index contributed by atoms with van der Waals surface area (Å²) in [4.78, 5) is 17.2. The van der Waals surface area contributed by atoms with Gasteiger partial charge in [0.15, 0.2) is 0 Å². The largest absolute Gasteiger partial charge is 0.494 e. The molecule has 0 spiro atoms. The Morgan fingerprint density at radius 3 is 2.25 bits per heavy atom. The molecule has 1 amide bonds. The van der Waals surface area contributed by atoms with Crippen LogP contribution < -0.4 is 15.4 Å². The summed E-state index contributed by atoms with van der Waals surface area (Å²) in [7, 11) is -1.39. The van der Waals surface area contributed by atoms with Gasteiger partial charge in [0.25, 0.3) is 0 Å². The minimum absolute atomic E-state index is 0.401. The summed E-state index contributed by atoms with van der Waals surface area (Å²) >= 11 is 0. The molecule has 2 saturated heterocycles. The van der Waals surface area contributed by atoms with Gasteiger partial charge >= 0.3 is 0 Å². The van der Waals surface area contributed by atoms with Crippen LogP contribution in [-0.2, 0) is 15.8 Å². The lowest BCUT2D eigenvalue weighted by molar-refractivity contribution is -0.121. The molecule has 0 bridgehead atoms. The van der Waals surface area contributed by atoms with Crippen LogP contribution >= 0.6 is 0 Å². The maximum Gasteiger partial charge on any atom is 0.237 e. The Bertz CT molecular complexity index is 796. The third kappa shape index (κ3) is 5.29. The van der Waals surface area contributed by atoms with Gasteiger partial charge in [0.1, 0.15) is 21.5 Å². The molecule has 178 valence electrons. The lowest BCUT2D eigenvalue weighted by Gasteiger charge is -2.43. The van der Waals surface area contributed by atoms with Crippen LogP contribution in [-0.4, -0.2) is 76.0 Å². The molecule has 1 aliphatic carbocycles. The number of piperazine rings is 1. The molecule has 1 aromatic carbocycles. The van der Waals surface area contributed by atoms with Crippen molar-refractivity contribution < 1.29 is 13.7 Å². The van der Waals surface area contributed by atoms with Crippen molar-refractivity contribution >= 4 is 22.6 Å². The van der Waals surface area contributed by atoms with E-state index in [0.29, 0.717) is 37.9 Å². The molecular formula is C24H38N4O3S. The first-order valence-corrected chi connectivity index (χ1v) is 13.2. The van der Waals surface area contributed by atoms with E-state index in [0.717, 1.165) is 50.6 Å². The van der Waals surface area contributed by atoms with E-state index in [9.17, 15) is 9.00 Å². The highest BCUT2D eigenvalue weighted by atomic mass is 32.2. The minimum atomic E-state index is -1.39. The predicted molar refractivity (Wildman–Crippen MR) is 129 cm³/mol. The molecular weight excluding hydrogens is 424 g/mol. The van der Waals surface area contributed by atoms with Crippen LogP contribution in [0.4, 0.5) is 5.69 Å². The fraction of sp³-hybridized carbons (Fsp3) is 0.708. The monoisotopic (exact) mass is 462 g/mol. The van der Waals surface area contributed by atoms with Gasteiger partial charge in [-0.05, 0) is 62.3 Å². The van der Waals surface area contributed by atoms with E-state index in [1.807, 2.05) is 16.4 Å². The summed E-state index contributed by atoms with van der Waals surface area (Å²) in [5.41, 5.74) is 6.98. The summed E-state index contributed by atoms with van der Waals surface area (Å²) in [6, 6.07) is 8.90. The fourth-order valence-electron chi connectivity index (χ4n) is 4.72. The molecule has 2 aliphatic heterocycles. The average Bonchev–Trinajstić information content (AvgIpc) is 3.64. The van der Waals surface area contributed by atoms with Crippen LogP contribution in [0.25, 0.3) is 0 Å². The molecule has 7 nitrogen and oxygen atoms in total. The third-order valence-electron chi connectivity index (χ3n) is 7.09. The van der Waals surface area contributed by atoms with Gasteiger partial charge in [0.05, 0.1) is 6.61 Å². The average molecular weight is 463 g/mol. The van der Waals surface area contributed by atoms with E-state index in [1.165, 1.54) is 12.8 Å². The number of hydrogen-bond donors (Lipinski definition) is 1. The number of benzene rings is 1. The van der Waals surface area contributed by atoms with Crippen molar-refractivity contribution in [2.24, 2.45) is 11.7 Å². The number of piperidine rings is 1. The molecule has 0 radical (unpaired) electrons. The van der Waals surface area contributed by atoms with Crippen molar-refractivity contribution in [2.75, 3.05) is 50.8 Å². The Kier molecular flexibility index (Phi) is 7.42. The zero-order chi connectivity index (χ0) is 22.7. The molecule has 32 heavy (non-hydrogen) atoms. The zero-order valence-corrected chi connectivity index (χ0v) is 20.3. The van der Waals surface area contributed by atoms with Crippen molar-refractivity contribution in [3.63, 3.8) is 0 Å². The van der Waals surface area contributed by atoms with Crippen molar-refractivity contribution in [1.82, 2.24) is 9.21 Å². The van der Waals surface area contributed by atoms with Crippen LogP contribution in [0.15, 0.2) is 24.3 Å². The Hall–Kier alpha value is -1.64. The third-order valence-corrected chi connectivity index (χ3v) is 9.20. The van der Waals surface area contributed by atoms with Crippen LogP contribution in [0.5, 0.6) is 5.75 Å². The molecule has 1 saturated carbocycles. The first kappa shape index (κ1) is 23.5. The van der Waals surface area contributed by atoms with Gasteiger partial charge < -0.3 is 20.3 Å². The number of hydrogen-bond acceptors (Lipinski definition) is 5. The number of anilines is 1. The molecule has 1 aromatic rings. The number of carbonyl (C=O) groups excluding carboxylic acids is 1. The Balaban J connectivity index is 1.30. The summed E-state index contributed by atoms with van der Waals surface area (Å²) < 4.78 is 20.4. The standard InChI is InChI=1S/C24H38N4O3S/c1-19(2)9-18-31-22-7-5-21(6-8-22)27-14-16-28(17-15-27)32(30)24(23(25)29)10-12-26(13-11-24)20-3-4-20/h5-8,19-20H,3-4,9-18H2,1-2H3,(H2,25,29). The van der Waals surface area contributed by atoms with Crippen molar-refractivity contribution in [1.29, 1.82) is 0 Å². The summed E-state index contributed by atoms with van der Waals surface area (Å²) in [5.74, 6) is 1.13. The molecule has 1 atom stereocenters. The first-order valence-electron chi connectivity index (χ1n) is 12.1. The second kappa shape index (κ2) is 10.1. The van der Waals surface area contributed by atoms with Gasteiger partial charge in [-0.15, -0.1) is 0 Å². The van der Waals surface area contributed by atoms with Crippen LogP contribution in [0.2, 0.25) is 0 Å². The van der Waals surface area contributed by atoms with E-state index in [-0.39, 0.29) is 0 Å². The number of ether oxygens (including phenoxy) is 1. The molecule has 2 heterocycles. The van der Waals surface area contributed by atoms with E-state index in [2.05, 4.69) is 35.8 Å². The van der Waals surface area contributed by atoms with E-state index in [1.54, 1.807) is 0 Å². The Labute approximate surface area is 194 Å². The summed E-state index contributed by atoms with van der Waals surface area (Å²) in [6.45, 7) is 9.67. The van der Waals surface area contributed by atoms with Gasteiger partial charge in [0.2, 0.25) is 5.91 Å². The normalized spacial score (nSPS) is 23.3. The molecule has 3 fully saturated rings. The number of nitrogens with zero attached hydrogens (tertiary/aromatic N) is 3. The molecule has 4 rings (SSSR count). The Morgan fingerprint density at radius 1 is 1.09 bits per heavy atom. The van der Waals surface area contributed by atoms with Gasteiger partial charge in [0, 0.05) is 51.0 Å². The molecule has 3 aliphatic rings. The van der Waals surface area contributed by atoms with Crippen molar-refractivity contribution in [3.05, 3.63) is 24.3 Å². The topological polar surface area (TPSA) is 79.1 Å². The highest BCUT2D eigenvalue weighted by Crippen LogP contribution is 2.36. The highest BCUT2D eigenvalue weighted by molar-refractivity contribution is 7.85. The SMILES string of the molecule is CC(C)CCOc1ccc(N2CCN(S(=O)C3(C(N)=O)CCN(C4CC4)CC3)CC2)cc1. The number of amides is 1. The Morgan fingerprint density at radius 2 is 1.72 bits per heavy atom. The maximum absolute atomic E-state index is 13.5. The summed E-state index contributed by atoms with van der Waals surface area (Å²) in [5, 5.41) is 0. The summed E-state index contributed by atoms with van der Waals surface area (Å²) in [6.07, 6.45) is 4.75. The predicted octanol–water partition coefficient (Wildman–Crippen LogP) is 2.38. The zero-order valence-electron chi connectivity index (χ0n) is 19.5. The molecule has 1 unspecified atom stereocenters. The van der Waals surface area contributed by atoms with Crippen molar-refractivity contribution in [3.8, 4) is 5.75 Å². The lowest BCUT2D eigenvalue weighted by atomic mass is 9.95. The number of nitrogens with two attached hydrogens (primary N) is 1. The number of rotatable bonds is 9. The first-order chi connectivity index (χ1) is 15.4. The van der Waals surface area contributed by atoms with E-state index < -0.39 is 21.6 Å². The van der Waals surface area contributed by atoms with E-state index in [4.69, 9.17) is 10.5 Å². The van der Waals surface area contributed by atoms with Crippen LogP contribution in [0.3, 0.4) is 0 Å². The minimum Gasteiger partial charge on any atom is -0.494 e. The van der Waals surface area contributed by atoms with Gasteiger partial charge in [-0.3, -0.25) is 4.79 Å². The van der Waals surface area contributed by atoms with Crippen LogP contribution in [0, 0.1) is 5.92 Å². The molecule has 8 heteroatoms. The fourth-order valence-corrected chi connectivity index (χ4v) is 6.42. The number of carbonyl (C=O) groups is 1. The smallest absolute Gasteiger partial charge is 0.237 e. The second-order valence-corrected chi connectivity index (χ2v) is 11.6. The molecule has 0 aromatic heterocycles. The maximum atomic E-state index is 13.5.